The summed E-state index contributed by atoms with van der Waals surface area (Å²) in [5.41, 5.74) is 1.65. The Morgan fingerprint density at radius 3 is 2.32 bits per heavy atom. The Balaban J connectivity index is 1.80. The van der Waals surface area contributed by atoms with Crippen molar-refractivity contribution in [2.45, 2.75) is 4.87 Å². The summed E-state index contributed by atoms with van der Waals surface area (Å²) < 4.78 is 27.6. The highest BCUT2D eigenvalue weighted by atomic mass is 79.9. The van der Waals surface area contributed by atoms with Gasteiger partial charge in [0.2, 0.25) is 14.9 Å². The van der Waals surface area contributed by atoms with Crippen molar-refractivity contribution in [3.8, 4) is 0 Å². The van der Waals surface area contributed by atoms with Crippen LogP contribution in [0.15, 0.2) is 70.1 Å². The number of benzene rings is 2. The standard InChI is InChI=1S/C19H19BrN4O3S/c1-24(2)28(26,27)19(12-5-13-21-19)14-8-10-15(11-9-14)22-18(25)23-17-7-4-3-6-16(17)20/h3-13H,1-2H3,(H2,22,23,25). The molecule has 0 spiro atoms. The average Bonchev–Trinajstić information content (AvgIpc) is 3.16. The molecule has 1 unspecified atom stereocenters. The van der Waals surface area contributed by atoms with Crippen LogP contribution in [-0.4, -0.2) is 39.1 Å². The van der Waals surface area contributed by atoms with Crippen molar-refractivity contribution in [3.63, 3.8) is 0 Å². The molecule has 1 atom stereocenters. The Kier molecular flexibility index (Phi) is 5.69. The molecular formula is C19H19BrN4O3S. The minimum atomic E-state index is -3.73. The fourth-order valence-electron chi connectivity index (χ4n) is 2.76. The Morgan fingerprint density at radius 2 is 1.75 bits per heavy atom. The van der Waals surface area contributed by atoms with Gasteiger partial charge in [0.1, 0.15) is 0 Å². The van der Waals surface area contributed by atoms with Gasteiger partial charge in [0.05, 0.1) is 5.69 Å². The zero-order valence-corrected chi connectivity index (χ0v) is 17.7. The fourth-order valence-corrected chi connectivity index (χ4v) is 4.58. The maximum Gasteiger partial charge on any atom is 0.323 e. The quantitative estimate of drug-likeness (QED) is 0.707. The SMILES string of the molecule is CN(C)S(=O)(=O)C1(c2ccc(NC(=O)Nc3ccccc3Br)cc2)C=CC=N1. The number of hydrogen-bond acceptors (Lipinski definition) is 4. The summed E-state index contributed by atoms with van der Waals surface area (Å²) in [7, 11) is -0.783. The van der Waals surface area contributed by atoms with E-state index in [1.165, 1.54) is 20.3 Å². The molecular weight excluding hydrogens is 444 g/mol. The van der Waals surface area contributed by atoms with Crippen LogP contribution < -0.4 is 10.6 Å². The molecule has 9 heteroatoms. The number of urea groups is 1. The highest BCUT2D eigenvalue weighted by Gasteiger charge is 2.45. The molecule has 0 aliphatic carbocycles. The monoisotopic (exact) mass is 462 g/mol. The van der Waals surface area contributed by atoms with E-state index in [-0.39, 0.29) is 0 Å². The zero-order chi connectivity index (χ0) is 20.4. The number of nitrogens with zero attached hydrogens (tertiary/aromatic N) is 2. The molecule has 7 nitrogen and oxygen atoms in total. The molecule has 2 aromatic rings. The number of sulfonamides is 1. The lowest BCUT2D eigenvalue weighted by Gasteiger charge is -2.28. The molecule has 146 valence electrons. The van der Waals surface area contributed by atoms with Gasteiger partial charge in [0, 0.05) is 36.0 Å². The summed E-state index contributed by atoms with van der Waals surface area (Å²) in [5.74, 6) is 0. The first-order valence-electron chi connectivity index (χ1n) is 8.34. The molecule has 1 heterocycles. The zero-order valence-electron chi connectivity index (χ0n) is 15.3. The van der Waals surface area contributed by atoms with Crippen molar-refractivity contribution in [2.75, 3.05) is 24.7 Å². The van der Waals surface area contributed by atoms with Crippen LogP contribution in [-0.2, 0) is 14.9 Å². The van der Waals surface area contributed by atoms with Crippen LogP contribution in [0.25, 0.3) is 0 Å². The van der Waals surface area contributed by atoms with Crippen LogP contribution in [0.2, 0.25) is 0 Å². The van der Waals surface area contributed by atoms with E-state index in [1.807, 2.05) is 18.2 Å². The third kappa shape index (κ3) is 3.73. The van der Waals surface area contributed by atoms with Gasteiger partial charge in [-0.2, -0.15) is 0 Å². The third-order valence-electron chi connectivity index (χ3n) is 4.23. The molecule has 0 bridgehead atoms. The highest BCUT2D eigenvalue weighted by Crippen LogP contribution is 2.37. The van der Waals surface area contributed by atoms with Gasteiger partial charge >= 0.3 is 6.03 Å². The van der Waals surface area contributed by atoms with Gasteiger partial charge < -0.3 is 10.6 Å². The number of carbonyl (C=O) groups excluding carboxylic acids is 1. The first-order valence-corrected chi connectivity index (χ1v) is 10.6. The van der Waals surface area contributed by atoms with Crippen LogP contribution in [0.5, 0.6) is 0 Å². The number of allylic oxidation sites excluding steroid dienone is 1. The predicted octanol–water partition coefficient (Wildman–Crippen LogP) is 3.78. The van der Waals surface area contributed by atoms with Crippen molar-refractivity contribution in [1.82, 2.24) is 4.31 Å². The largest absolute Gasteiger partial charge is 0.323 e. The van der Waals surface area contributed by atoms with Crippen molar-refractivity contribution in [2.24, 2.45) is 4.99 Å². The number of halogens is 1. The van der Waals surface area contributed by atoms with Gasteiger partial charge in [-0.1, -0.05) is 24.3 Å². The molecule has 28 heavy (non-hydrogen) atoms. The molecule has 2 aromatic carbocycles. The smallest absolute Gasteiger partial charge is 0.308 e. The van der Waals surface area contributed by atoms with Gasteiger partial charge in [-0.3, -0.25) is 4.99 Å². The minimum Gasteiger partial charge on any atom is -0.308 e. The molecule has 0 radical (unpaired) electrons. The fraction of sp³-hybridized carbons (Fsp3) is 0.158. The van der Waals surface area contributed by atoms with Gasteiger partial charge in [-0.25, -0.2) is 17.5 Å². The molecule has 2 N–H and O–H groups in total. The van der Waals surface area contributed by atoms with Crippen LogP contribution in [0.4, 0.5) is 16.2 Å². The van der Waals surface area contributed by atoms with E-state index in [4.69, 9.17) is 0 Å². The summed E-state index contributed by atoms with van der Waals surface area (Å²) in [4.78, 5) is 14.9. The predicted molar refractivity (Wildman–Crippen MR) is 115 cm³/mol. The average molecular weight is 463 g/mol. The van der Waals surface area contributed by atoms with Crippen molar-refractivity contribution < 1.29 is 13.2 Å². The van der Waals surface area contributed by atoms with Gasteiger partial charge in [-0.05, 0) is 52.3 Å². The molecule has 1 aliphatic heterocycles. The van der Waals surface area contributed by atoms with E-state index >= 15 is 0 Å². The third-order valence-corrected chi connectivity index (χ3v) is 7.14. The normalized spacial score (nSPS) is 18.4. The van der Waals surface area contributed by atoms with Crippen LogP contribution in [0.1, 0.15) is 5.56 Å². The second kappa shape index (κ2) is 7.86. The highest BCUT2D eigenvalue weighted by molar-refractivity contribution is 9.10. The van der Waals surface area contributed by atoms with Crippen molar-refractivity contribution >= 4 is 49.6 Å². The second-order valence-corrected chi connectivity index (χ2v) is 9.41. The summed E-state index contributed by atoms with van der Waals surface area (Å²) >= 11 is 3.37. The number of anilines is 2. The van der Waals surface area contributed by atoms with Gasteiger partial charge in [-0.15, -0.1) is 0 Å². The molecule has 0 saturated heterocycles. The lowest BCUT2D eigenvalue weighted by molar-refractivity contribution is 0.262. The molecule has 0 saturated carbocycles. The minimum absolute atomic E-state index is 0.408. The van der Waals surface area contributed by atoms with E-state index in [9.17, 15) is 13.2 Å². The number of rotatable bonds is 5. The first kappa shape index (κ1) is 20.2. The van der Waals surface area contributed by atoms with E-state index in [0.717, 1.165) is 8.78 Å². The lowest BCUT2D eigenvalue weighted by atomic mass is 10.1. The maximum absolute atomic E-state index is 12.8. The van der Waals surface area contributed by atoms with E-state index < -0.39 is 20.9 Å². The summed E-state index contributed by atoms with van der Waals surface area (Å²) in [6.45, 7) is 0. The Morgan fingerprint density at radius 1 is 1.07 bits per heavy atom. The summed E-state index contributed by atoms with van der Waals surface area (Å²) in [6, 6.07) is 13.4. The van der Waals surface area contributed by atoms with Crippen LogP contribution in [0, 0.1) is 0 Å². The molecule has 0 aromatic heterocycles. The number of amides is 2. The number of carbonyl (C=O) groups is 1. The number of para-hydroxylation sites is 1. The molecule has 3 rings (SSSR count). The topological polar surface area (TPSA) is 90.9 Å². The summed E-state index contributed by atoms with van der Waals surface area (Å²) in [6.07, 6.45) is 4.63. The van der Waals surface area contributed by atoms with E-state index in [2.05, 4.69) is 31.6 Å². The Labute approximate surface area is 172 Å². The first-order chi connectivity index (χ1) is 13.3. The van der Waals surface area contributed by atoms with Gasteiger partial charge in [0.25, 0.3) is 0 Å². The Bertz CT molecular complexity index is 1040. The molecule has 0 fully saturated rings. The Hall–Kier alpha value is -2.49. The van der Waals surface area contributed by atoms with Crippen LogP contribution >= 0.6 is 15.9 Å². The lowest BCUT2D eigenvalue weighted by Crippen LogP contribution is -2.39. The molecule has 2 amide bonds. The maximum atomic E-state index is 12.8. The van der Waals surface area contributed by atoms with Crippen molar-refractivity contribution in [3.05, 3.63) is 70.7 Å². The number of hydrogen-bond donors (Lipinski definition) is 2. The van der Waals surface area contributed by atoms with Crippen molar-refractivity contribution in [1.29, 1.82) is 0 Å². The van der Waals surface area contributed by atoms with E-state index in [0.29, 0.717) is 16.9 Å². The number of nitrogens with one attached hydrogen (secondary N) is 2. The van der Waals surface area contributed by atoms with Gasteiger partial charge in [0.15, 0.2) is 0 Å². The molecule has 1 aliphatic rings. The second-order valence-electron chi connectivity index (χ2n) is 6.26. The van der Waals surface area contributed by atoms with Crippen LogP contribution in [0.3, 0.4) is 0 Å². The number of aliphatic imine (C=N–C) groups is 1. The van der Waals surface area contributed by atoms with E-state index in [1.54, 1.807) is 42.5 Å². The summed E-state index contributed by atoms with van der Waals surface area (Å²) in [5, 5.41) is 5.46.